The largest absolute Gasteiger partial charge is 0.382 e. The van der Waals surface area contributed by atoms with Gasteiger partial charge in [0.1, 0.15) is 0 Å². The Hall–Kier alpha value is -0.740. The van der Waals surface area contributed by atoms with Gasteiger partial charge in [0, 0.05) is 12.1 Å². The average Bonchev–Trinajstić information content (AvgIpc) is 2.35. The van der Waals surface area contributed by atoms with E-state index in [1.807, 2.05) is 0 Å². The summed E-state index contributed by atoms with van der Waals surface area (Å²) >= 11 is 5.16. The Labute approximate surface area is 121 Å². The van der Waals surface area contributed by atoms with Crippen LogP contribution in [-0.2, 0) is 5.41 Å². The third-order valence-electron chi connectivity index (χ3n) is 3.51. The van der Waals surface area contributed by atoms with Crippen LogP contribution in [0.2, 0.25) is 0 Å². The highest BCUT2D eigenvalue weighted by molar-refractivity contribution is 7.71. The first kappa shape index (κ1) is 16.3. The summed E-state index contributed by atoms with van der Waals surface area (Å²) in [5.74, 6) is 0. The Morgan fingerprint density at radius 3 is 2.26 bits per heavy atom. The topological polar surface area (TPSA) is 32.3 Å². The zero-order chi connectivity index (χ0) is 14.6. The summed E-state index contributed by atoms with van der Waals surface area (Å²) in [5.41, 5.74) is 1.74. The highest BCUT2D eigenvalue weighted by atomic mass is 32.1. The van der Waals surface area contributed by atoms with Gasteiger partial charge in [-0.05, 0) is 31.5 Å². The number of nitrogens with zero attached hydrogens (tertiary/aromatic N) is 1. The quantitative estimate of drug-likeness (QED) is 0.615. The maximum absolute atomic E-state index is 11.8. The molecule has 19 heavy (non-hydrogen) atoms. The number of rotatable bonds is 7. The van der Waals surface area contributed by atoms with Crippen LogP contribution in [-0.4, -0.2) is 31.1 Å². The van der Waals surface area contributed by atoms with Crippen molar-refractivity contribution >= 4 is 17.9 Å². The Bertz CT molecular complexity index is 477. The summed E-state index contributed by atoms with van der Waals surface area (Å²) in [7, 11) is 0. The smallest absolute Gasteiger partial charge is 0.220 e. The number of hydrogen-bond donors (Lipinski definition) is 1. The van der Waals surface area contributed by atoms with E-state index >= 15 is 0 Å². The molecule has 0 saturated heterocycles. The molecule has 0 amide bonds. The van der Waals surface area contributed by atoms with Gasteiger partial charge in [-0.2, -0.15) is 0 Å². The predicted octanol–water partition coefficient (Wildman–Crippen LogP) is 3.09. The second-order valence-electron chi connectivity index (χ2n) is 5.97. The van der Waals surface area contributed by atoms with E-state index in [1.54, 1.807) is 0 Å². The van der Waals surface area contributed by atoms with E-state index in [0.29, 0.717) is 4.51 Å². The van der Waals surface area contributed by atoms with Crippen molar-refractivity contribution < 1.29 is 0 Å². The maximum atomic E-state index is 11.8. The minimum absolute atomic E-state index is 0.0164. The van der Waals surface area contributed by atoms with Crippen molar-refractivity contribution in [2.45, 2.75) is 46.5 Å². The van der Waals surface area contributed by atoms with Gasteiger partial charge in [0.05, 0.1) is 10.2 Å². The van der Waals surface area contributed by atoms with Crippen molar-refractivity contribution in [3.63, 3.8) is 0 Å². The second kappa shape index (κ2) is 6.62. The number of nitrogens with one attached hydrogen (secondary N) is 1. The Morgan fingerprint density at radius 1 is 1.21 bits per heavy atom. The Kier molecular flexibility index (Phi) is 5.68. The van der Waals surface area contributed by atoms with Crippen LogP contribution in [0.1, 0.15) is 46.6 Å². The highest BCUT2D eigenvalue weighted by Crippen LogP contribution is 2.30. The van der Waals surface area contributed by atoms with Crippen LogP contribution >= 0.6 is 12.2 Å². The summed E-state index contributed by atoms with van der Waals surface area (Å²) in [6.45, 7) is 14.7. The van der Waals surface area contributed by atoms with Gasteiger partial charge in [0.15, 0.2) is 0 Å². The van der Waals surface area contributed by atoms with Crippen molar-refractivity contribution in [1.82, 2.24) is 4.90 Å². The van der Waals surface area contributed by atoms with Crippen LogP contribution in [0.3, 0.4) is 0 Å². The molecule has 1 aromatic carbocycles. The Balaban J connectivity index is 2.54. The van der Waals surface area contributed by atoms with Gasteiger partial charge in [-0.1, -0.05) is 46.8 Å². The highest BCUT2D eigenvalue weighted by Gasteiger charge is 2.27. The van der Waals surface area contributed by atoms with Gasteiger partial charge in [-0.25, -0.2) is 0 Å². The summed E-state index contributed by atoms with van der Waals surface area (Å²) in [5, 5.41) is 3.28. The minimum atomic E-state index is -0.0494. The molecule has 108 valence electrons. The van der Waals surface area contributed by atoms with E-state index in [0.717, 1.165) is 43.9 Å². The Morgan fingerprint density at radius 2 is 1.79 bits per heavy atom. The van der Waals surface area contributed by atoms with Gasteiger partial charge in [-0.3, -0.25) is 4.79 Å². The zero-order valence-electron chi connectivity index (χ0n) is 12.8. The van der Waals surface area contributed by atoms with Gasteiger partial charge in [-0.15, -0.1) is 0 Å². The molecule has 0 unspecified atom stereocenters. The van der Waals surface area contributed by atoms with E-state index in [2.05, 4.69) is 44.8 Å². The first-order valence-corrected chi connectivity index (χ1v) is 7.53. The van der Waals surface area contributed by atoms with Crippen LogP contribution in [0, 0.1) is 4.51 Å². The van der Waals surface area contributed by atoms with E-state index in [9.17, 15) is 4.79 Å². The molecule has 0 aliphatic heterocycles. The summed E-state index contributed by atoms with van der Waals surface area (Å²) in [6, 6.07) is 0. The van der Waals surface area contributed by atoms with Crippen LogP contribution in [0.15, 0.2) is 4.79 Å². The van der Waals surface area contributed by atoms with Crippen LogP contribution in [0.4, 0.5) is 5.69 Å². The van der Waals surface area contributed by atoms with Gasteiger partial charge in [0.25, 0.3) is 0 Å². The molecule has 1 N–H and O–H groups in total. The first-order chi connectivity index (χ1) is 8.82. The first-order valence-electron chi connectivity index (χ1n) is 7.12. The van der Waals surface area contributed by atoms with E-state index in [-0.39, 0.29) is 10.8 Å². The lowest BCUT2D eigenvalue weighted by atomic mass is 9.83. The summed E-state index contributed by atoms with van der Waals surface area (Å²) in [6.07, 6.45) is 1.04. The lowest BCUT2D eigenvalue weighted by Crippen LogP contribution is -2.30. The molecule has 1 aromatic rings. The standard InChI is InChI=1S/C15H26N2OS/c1-6-17(7-2)10-8-9-16-12-11(15(3,4)5)14(19)13(12)18/h16H,6-10H2,1-5H3. The fraction of sp³-hybridized carbons (Fsp3) is 0.733. The van der Waals surface area contributed by atoms with Crippen molar-refractivity contribution in [3.8, 4) is 0 Å². The molecule has 0 fully saturated rings. The summed E-state index contributed by atoms with van der Waals surface area (Å²) in [4.78, 5) is 14.2. The van der Waals surface area contributed by atoms with Gasteiger partial charge in [0.2, 0.25) is 5.43 Å². The SMILES string of the molecule is CCN(CC)CCCNc1c(C(C)(C)C)c(=S)c1=O. The normalized spacial score (nSPS) is 12.3. The minimum Gasteiger partial charge on any atom is -0.382 e. The molecule has 3 nitrogen and oxygen atoms in total. The molecular formula is C15H26N2OS. The fourth-order valence-corrected chi connectivity index (χ4v) is 2.84. The third kappa shape index (κ3) is 3.86. The lowest BCUT2D eigenvalue weighted by molar-refractivity contribution is 0.303. The summed E-state index contributed by atoms with van der Waals surface area (Å²) < 4.78 is 0.513. The number of anilines is 1. The molecule has 0 aliphatic carbocycles. The lowest BCUT2D eigenvalue weighted by Gasteiger charge is -2.26. The van der Waals surface area contributed by atoms with Gasteiger partial charge >= 0.3 is 0 Å². The number of hydrogen-bond acceptors (Lipinski definition) is 4. The fourth-order valence-electron chi connectivity index (χ4n) is 2.33. The molecule has 0 aliphatic rings. The molecule has 0 heterocycles. The van der Waals surface area contributed by atoms with Gasteiger partial charge < -0.3 is 10.2 Å². The predicted molar refractivity (Wildman–Crippen MR) is 85.5 cm³/mol. The van der Waals surface area contributed by atoms with Crippen LogP contribution in [0.25, 0.3) is 0 Å². The monoisotopic (exact) mass is 282 g/mol. The van der Waals surface area contributed by atoms with Crippen molar-refractivity contribution in [3.05, 3.63) is 20.3 Å². The average molecular weight is 282 g/mol. The van der Waals surface area contributed by atoms with E-state index in [4.69, 9.17) is 12.2 Å². The van der Waals surface area contributed by atoms with E-state index in [1.165, 1.54) is 0 Å². The van der Waals surface area contributed by atoms with Crippen molar-refractivity contribution in [2.75, 3.05) is 31.5 Å². The van der Waals surface area contributed by atoms with E-state index < -0.39 is 0 Å². The molecule has 0 aromatic heterocycles. The van der Waals surface area contributed by atoms with Crippen LogP contribution < -0.4 is 10.7 Å². The van der Waals surface area contributed by atoms with Crippen molar-refractivity contribution in [2.24, 2.45) is 0 Å². The van der Waals surface area contributed by atoms with Crippen molar-refractivity contribution in [1.29, 1.82) is 0 Å². The molecular weight excluding hydrogens is 256 g/mol. The molecule has 0 radical (unpaired) electrons. The zero-order valence-corrected chi connectivity index (χ0v) is 13.6. The second-order valence-corrected chi connectivity index (χ2v) is 6.37. The molecule has 0 bridgehead atoms. The molecule has 1 rings (SSSR count). The third-order valence-corrected chi connectivity index (χ3v) is 3.90. The molecule has 0 saturated carbocycles. The van der Waals surface area contributed by atoms with Crippen LogP contribution in [0.5, 0.6) is 0 Å². The molecule has 4 heteroatoms. The maximum Gasteiger partial charge on any atom is 0.220 e. The molecule has 0 atom stereocenters. The molecule has 0 spiro atoms.